The molecule has 15 heavy (non-hydrogen) atoms. The fraction of sp³-hybridized carbons (Fsp3) is 0.818. The van der Waals surface area contributed by atoms with Crippen molar-refractivity contribution in [2.75, 3.05) is 26.7 Å². The van der Waals surface area contributed by atoms with E-state index < -0.39 is 0 Å². The summed E-state index contributed by atoms with van der Waals surface area (Å²) in [6.07, 6.45) is 3.47. The van der Waals surface area contributed by atoms with E-state index in [0.717, 1.165) is 32.4 Å². The molecule has 0 rings (SSSR count). The lowest BCUT2D eigenvalue weighted by Crippen LogP contribution is -2.35. The summed E-state index contributed by atoms with van der Waals surface area (Å²) in [5.74, 6) is 0.0830. The molecule has 0 saturated carbocycles. The zero-order chi connectivity index (χ0) is 11.5. The predicted octanol–water partition coefficient (Wildman–Crippen LogP) is 1.14. The van der Waals surface area contributed by atoms with E-state index in [9.17, 15) is 4.79 Å². The smallest absolute Gasteiger partial charge is 0.234 e. The molecule has 4 heteroatoms. The number of carbonyl (C=O) groups is 1. The number of hydrogen-bond acceptors (Lipinski definition) is 3. The van der Waals surface area contributed by atoms with Crippen LogP contribution in [-0.4, -0.2) is 37.5 Å². The highest BCUT2D eigenvalue weighted by atomic mass is 16.1. The van der Waals surface area contributed by atoms with Gasteiger partial charge in [0.15, 0.2) is 0 Å². The lowest BCUT2D eigenvalue weighted by molar-refractivity contribution is -0.121. The summed E-state index contributed by atoms with van der Waals surface area (Å²) in [6.45, 7) is 4.11. The maximum atomic E-state index is 11.3. The van der Waals surface area contributed by atoms with Gasteiger partial charge in [0, 0.05) is 13.0 Å². The van der Waals surface area contributed by atoms with Crippen LogP contribution >= 0.6 is 0 Å². The summed E-state index contributed by atoms with van der Waals surface area (Å²) in [5, 5.41) is 11.2. The van der Waals surface area contributed by atoms with E-state index in [0.29, 0.717) is 13.0 Å². The van der Waals surface area contributed by atoms with Crippen molar-refractivity contribution >= 4 is 5.91 Å². The molecule has 0 aliphatic carbocycles. The van der Waals surface area contributed by atoms with Crippen LogP contribution < -0.4 is 5.32 Å². The third-order valence-corrected chi connectivity index (χ3v) is 2.06. The summed E-state index contributed by atoms with van der Waals surface area (Å²) in [5.41, 5.74) is 0. The number of nitrogens with zero attached hydrogens (tertiary/aromatic N) is 2. The molecule has 0 aliphatic heterocycles. The van der Waals surface area contributed by atoms with E-state index in [4.69, 9.17) is 5.26 Å². The Hall–Kier alpha value is -1.08. The van der Waals surface area contributed by atoms with Crippen LogP contribution in [0, 0.1) is 11.3 Å². The molecule has 86 valence electrons. The van der Waals surface area contributed by atoms with Crippen molar-refractivity contribution < 1.29 is 4.79 Å². The quantitative estimate of drug-likeness (QED) is 0.612. The molecule has 0 fully saturated rings. The number of amides is 1. The standard InChI is InChI=1S/C11H21N3O/c1-3-8-13-11(15)10-14(2)9-6-4-5-7-12/h3-6,8-10H2,1-2H3,(H,13,15). The second-order valence-corrected chi connectivity index (χ2v) is 3.70. The number of unbranched alkanes of at least 4 members (excludes halogenated alkanes) is 2. The van der Waals surface area contributed by atoms with Gasteiger partial charge >= 0.3 is 0 Å². The minimum atomic E-state index is 0.0830. The number of nitriles is 1. The molecule has 4 nitrogen and oxygen atoms in total. The molecular weight excluding hydrogens is 190 g/mol. The van der Waals surface area contributed by atoms with Crippen LogP contribution in [0.2, 0.25) is 0 Å². The van der Waals surface area contributed by atoms with Crippen molar-refractivity contribution in [1.82, 2.24) is 10.2 Å². The average molecular weight is 211 g/mol. The van der Waals surface area contributed by atoms with Crippen LogP contribution in [0.3, 0.4) is 0 Å². The molecule has 0 atom stereocenters. The SMILES string of the molecule is CCCNC(=O)CN(C)CCCCC#N. The molecule has 1 amide bonds. The molecule has 0 heterocycles. The number of carbonyl (C=O) groups excluding carboxylic acids is 1. The van der Waals surface area contributed by atoms with E-state index in [1.165, 1.54) is 0 Å². The van der Waals surface area contributed by atoms with E-state index in [2.05, 4.69) is 11.4 Å². The van der Waals surface area contributed by atoms with Gasteiger partial charge in [-0.15, -0.1) is 0 Å². The number of hydrogen-bond donors (Lipinski definition) is 1. The van der Waals surface area contributed by atoms with Crippen LogP contribution in [-0.2, 0) is 4.79 Å². The van der Waals surface area contributed by atoms with Crippen molar-refractivity contribution in [2.45, 2.75) is 32.6 Å². The zero-order valence-corrected chi connectivity index (χ0v) is 9.75. The molecule has 0 aromatic rings. The number of likely N-dealkylation sites (N-methyl/N-ethyl adjacent to an activating group) is 1. The van der Waals surface area contributed by atoms with Crippen molar-refractivity contribution in [3.63, 3.8) is 0 Å². The van der Waals surface area contributed by atoms with Gasteiger partial charge in [0.05, 0.1) is 12.6 Å². The lowest BCUT2D eigenvalue weighted by Gasteiger charge is -2.15. The molecule has 0 aromatic carbocycles. The minimum Gasteiger partial charge on any atom is -0.355 e. The average Bonchev–Trinajstić information content (AvgIpc) is 2.21. The molecular formula is C11H21N3O. The Morgan fingerprint density at radius 3 is 2.80 bits per heavy atom. The van der Waals surface area contributed by atoms with Crippen molar-refractivity contribution in [1.29, 1.82) is 5.26 Å². The van der Waals surface area contributed by atoms with E-state index >= 15 is 0 Å². The minimum absolute atomic E-state index is 0.0830. The van der Waals surface area contributed by atoms with E-state index in [1.54, 1.807) is 0 Å². The van der Waals surface area contributed by atoms with Gasteiger partial charge in [-0.3, -0.25) is 9.69 Å². The Labute approximate surface area is 92.3 Å². The monoisotopic (exact) mass is 211 g/mol. The Morgan fingerprint density at radius 2 is 2.20 bits per heavy atom. The Kier molecular flexibility index (Phi) is 8.79. The molecule has 0 aliphatic rings. The highest BCUT2D eigenvalue weighted by Gasteiger charge is 2.04. The summed E-state index contributed by atoms with van der Waals surface area (Å²) in [4.78, 5) is 13.3. The van der Waals surface area contributed by atoms with Gasteiger partial charge in [-0.25, -0.2) is 0 Å². The molecule has 0 spiro atoms. The molecule has 0 radical (unpaired) electrons. The lowest BCUT2D eigenvalue weighted by atomic mass is 10.2. The third-order valence-electron chi connectivity index (χ3n) is 2.06. The first kappa shape index (κ1) is 13.9. The zero-order valence-electron chi connectivity index (χ0n) is 9.75. The van der Waals surface area contributed by atoms with Gasteiger partial charge in [-0.2, -0.15) is 5.26 Å². The van der Waals surface area contributed by atoms with Crippen molar-refractivity contribution in [3.8, 4) is 6.07 Å². The van der Waals surface area contributed by atoms with Crippen LogP contribution in [0.4, 0.5) is 0 Å². The van der Waals surface area contributed by atoms with Gasteiger partial charge in [0.1, 0.15) is 0 Å². The van der Waals surface area contributed by atoms with Gasteiger partial charge < -0.3 is 5.32 Å². The van der Waals surface area contributed by atoms with Gasteiger partial charge in [0.2, 0.25) is 5.91 Å². The van der Waals surface area contributed by atoms with Gasteiger partial charge in [0.25, 0.3) is 0 Å². The van der Waals surface area contributed by atoms with Crippen LogP contribution in [0.15, 0.2) is 0 Å². The van der Waals surface area contributed by atoms with E-state index in [-0.39, 0.29) is 5.91 Å². The second-order valence-electron chi connectivity index (χ2n) is 3.70. The summed E-state index contributed by atoms with van der Waals surface area (Å²) in [6, 6.07) is 2.11. The van der Waals surface area contributed by atoms with Crippen LogP contribution in [0.1, 0.15) is 32.6 Å². The fourth-order valence-corrected chi connectivity index (χ4v) is 1.23. The van der Waals surface area contributed by atoms with Gasteiger partial charge in [-0.1, -0.05) is 6.92 Å². The normalized spacial score (nSPS) is 10.0. The number of rotatable bonds is 8. The van der Waals surface area contributed by atoms with Crippen LogP contribution in [0.25, 0.3) is 0 Å². The predicted molar refractivity (Wildman–Crippen MR) is 60.3 cm³/mol. The maximum Gasteiger partial charge on any atom is 0.234 e. The molecule has 0 aromatic heterocycles. The Bertz CT molecular complexity index is 210. The highest BCUT2D eigenvalue weighted by molar-refractivity contribution is 5.77. The van der Waals surface area contributed by atoms with Crippen molar-refractivity contribution in [2.24, 2.45) is 0 Å². The van der Waals surface area contributed by atoms with Gasteiger partial charge in [-0.05, 0) is 32.9 Å². The van der Waals surface area contributed by atoms with E-state index in [1.807, 2.05) is 18.9 Å². The van der Waals surface area contributed by atoms with Crippen LogP contribution in [0.5, 0.6) is 0 Å². The largest absolute Gasteiger partial charge is 0.355 e. The molecule has 1 N–H and O–H groups in total. The van der Waals surface area contributed by atoms with Crippen molar-refractivity contribution in [3.05, 3.63) is 0 Å². The second kappa shape index (κ2) is 9.47. The fourth-order valence-electron chi connectivity index (χ4n) is 1.23. The summed E-state index contributed by atoms with van der Waals surface area (Å²) < 4.78 is 0. The topological polar surface area (TPSA) is 56.1 Å². The summed E-state index contributed by atoms with van der Waals surface area (Å²) in [7, 11) is 1.93. The Morgan fingerprint density at radius 1 is 1.47 bits per heavy atom. The first-order valence-electron chi connectivity index (χ1n) is 5.53. The maximum absolute atomic E-state index is 11.3. The first-order valence-corrected chi connectivity index (χ1v) is 5.53. The summed E-state index contributed by atoms with van der Waals surface area (Å²) >= 11 is 0. The number of nitrogens with one attached hydrogen (secondary N) is 1. The molecule has 0 saturated heterocycles. The molecule has 0 unspecified atom stereocenters. The Balaban J connectivity index is 3.43. The molecule has 0 bridgehead atoms. The first-order chi connectivity index (χ1) is 7.20. The third kappa shape index (κ3) is 9.23. The highest BCUT2D eigenvalue weighted by Crippen LogP contribution is 1.95.